The summed E-state index contributed by atoms with van der Waals surface area (Å²) in [6.07, 6.45) is 0. The van der Waals surface area contributed by atoms with Gasteiger partial charge in [0, 0.05) is 19.0 Å². The Kier molecular flexibility index (Phi) is 5.81. The number of benzene rings is 3. The van der Waals surface area contributed by atoms with Crippen molar-refractivity contribution in [3.05, 3.63) is 101 Å². The maximum Gasteiger partial charge on any atom is 0.165 e. The minimum atomic E-state index is -0.329. The Morgan fingerprint density at radius 3 is 2.00 bits per heavy atom. The number of ether oxygens (including phenoxy) is 1. The number of rotatable bonds is 7. The summed E-state index contributed by atoms with van der Waals surface area (Å²) < 4.78 is 18.8. The van der Waals surface area contributed by atoms with Crippen molar-refractivity contribution in [1.82, 2.24) is 5.32 Å². The SMILES string of the molecule is COc1ccc(CNCC(c2ccccc2)c2ccccc2)cc1F. The lowest BCUT2D eigenvalue weighted by Gasteiger charge is -2.19. The fourth-order valence-corrected chi connectivity index (χ4v) is 2.98. The molecule has 3 rings (SSSR count). The molecule has 2 nitrogen and oxygen atoms in total. The van der Waals surface area contributed by atoms with Crippen LogP contribution < -0.4 is 10.1 Å². The number of hydrogen-bond acceptors (Lipinski definition) is 2. The van der Waals surface area contributed by atoms with Crippen LogP contribution in [0.15, 0.2) is 78.9 Å². The van der Waals surface area contributed by atoms with Gasteiger partial charge in [0.15, 0.2) is 11.6 Å². The summed E-state index contributed by atoms with van der Waals surface area (Å²) in [5.74, 6) is 0.199. The van der Waals surface area contributed by atoms with Crippen LogP contribution in [0.2, 0.25) is 0 Å². The van der Waals surface area contributed by atoms with Crippen molar-refractivity contribution in [2.75, 3.05) is 13.7 Å². The Balaban J connectivity index is 1.70. The molecule has 0 aliphatic rings. The van der Waals surface area contributed by atoms with E-state index in [9.17, 15) is 4.39 Å². The van der Waals surface area contributed by atoms with E-state index in [4.69, 9.17) is 4.74 Å². The molecule has 0 heterocycles. The molecule has 3 aromatic carbocycles. The molecule has 0 aliphatic heterocycles. The van der Waals surface area contributed by atoms with Gasteiger partial charge in [-0.3, -0.25) is 0 Å². The van der Waals surface area contributed by atoms with Crippen molar-refractivity contribution in [3.8, 4) is 5.75 Å². The molecule has 0 aromatic heterocycles. The Morgan fingerprint density at radius 1 is 0.880 bits per heavy atom. The predicted molar refractivity (Wildman–Crippen MR) is 99.4 cm³/mol. The van der Waals surface area contributed by atoms with Crippen molar-refractivity contribution < 1.29 is 9.13 Å². The topological polar surface area (TPSA) is 21.3 Å². The second-order valence-corrected chi connectivity index (χ2v) is 5.97. The normalized spacial score (nSPS) is 10.8. The molecular formula is C22H22FNO. The molecule has 0 amide bonds. The van der Waals surface area contributed by atoms with Gasteiger partial charge in [0.2, 0.25) is 0 Å². The van der Waals surface area contributed by atoms with Gasteiger partial charge in [-0.25, -0.2) is 4.39 Å². The second kappa shape index (κ2) is 8.45. The standard InChI is InChI=1S/C22H22FNO/c1-25-22-13-12-17(14-21(22)23)15-24-16-20(18-8-4-2-5-9-18)19-10-6-3-7-11-19/h2-14,20,24H,15-16H2,1H3. The monoisotopic (exact) mass is 335 g/mol. The lowest BCUT2D eigenvalue weighted by Crippen LogP contribution is -2.22. The molecule has 1 N–H and O–H groups in total. The molecule has 0 fully saturated rings. The zero-order valence-corrected chi connectivity index (χ0v) is 14.3. The van der Waals surface area contributed by atoms with Crippen LogP contribution in [0.5, 0.6) is 5.75 Å². The van der Waals surface area contributed by atoms with Gasteiger partial charge in [0.25, 0.3) is 0 Å². The van der Waals surface area contributed by atoms with Gasteiger partial charge in [0.05, 0.1) is 7.11 Å². The van der Waals surface area contributed by atoms with Gasteiger partial charge in [-0.05, 0) is 28.8 Å². The van der Waals surface area contributed by atoms with E-state index < -0.39 is 0 Å². The highest BCUT2D eigenvalue weighted by Gasteiger charge is 2.13. The van der Waals surface area contributed by atoms with Crippen LogP contribution >= 0.6 is 0 Å². The zero-order chi connectivity index (χ0) is 17.5. The summed E-state index contributed by atoms with van der Waals surface area (Å²) in [4.78, 5) is 0. The highest BCUT2D eigenvalue weighted by atomic mass is 19.1. The van der Waals surface area contributed by atoms with Crippen molar-refractivity contribution in [2.24, 2.45) is 0 Å². The minimum Gasteiger partial charge on any atom is -0.494 e. The summed E-state index contributed by atoms with van der Waals surface area (Å²) in [6.45, 7) is 1.39. The molecule has 0 saturated carbocycles. The maximum atomic E-state index is 13.8. The van der Waals surface area contributed by atoms with E-state index in [1.807, 2.05) is 18.2 Å². The van der Waals surface area contributed by atoms with E-state index in [1.54, 1.807) is 6.07 Å². The highest BCUT2D eigenvalue weighted by molar-refractivity contribution is 5.33. The summed E-state index contributed by atoms with van der Waals surface area (Å²) in [6, 6.07) is 25.9. The molecule has 0 bridgehead atoms. The summed E-state index contributed by atoms with van der Waals surface area (Å²) in [7, 11) is 1.47. The molecule has 0 aliphatic carbocycles. The Hall–Kier alpha value is -2.65. The molecule has 0 atom stereocenters. The van der Waals surface area contributed by atoms with Gasteiger partial charge in [-0.1, -0.05) is 66.7 Å². The molecule has 0 saturated heterocycles. The van der Waals surface area contributed by atoms with E-state index in [-0.39, 0.29) is 17.5 Å². The first kappa shape index (κ1) is 17.2. The molecule has 128 valence electrons. The molecule has 25 heavy (non-hydrogen) atoms. The van der Waals surface area contributed by atoms with Gasteiger partial charge in [0.1, 0.15) is 0 Å². The van der Waals surface area contributed by atoms with E-state index in [1.165, 1.54) is 24.3 Å². The molecule has 0 radical (unpaired) electrons. The molecule has 0 spiro atoms. The fraction of sp³-hybridized carbons (Fsp3) is 0.182. The van der Waals surface area contributed by atoms with Crippen LogP contribution in [0.3, 0.4) is 0 Å². The maximum absolute atomic E-state index is 13.8. The first-order valence-electron chi connectivity index (χ1n) is 8.41. The van der Waals surface area contributed by atoms with Crippen LogP contribution in [0.4, 0.5) is 4.39 Å². The highest BCUT2D eigenvalue weighted by Crippen LogP contribution is 2.24. The average Bonchev–Trinajstić information content (AvgIpc) is 2.67. The molecular weight excluding hydrogens is 313 g/mol. The van der Waals surface area contributed by atoms with Gasteiger partial charge >= 0.3 is 0 Å². The van der Waals surface area contributed by atoms with Crippen LogP contribution in [-0.2, 0) is 6.54 Å². The Bertz CT molecular complexity index is 750. The lowest BCUT2D eigenvalue weighted by atomic mass is 9.91. The molecule has 3 heteroatoms. The largest absolute Gasteiger partial charge is 0.494 e. The first-order chi connectivity index (χ1) is 12.3. The molecule has 3 aromatic rings. The predicted octanol–water partition coefficient (Wildman–Crippen LogP) is 4.76. The summed E-state index contributed by atoms with van der Waals surface area (Å²) >= 11 is 0. The number of nitrogens with one attached hydrogen (secondary N) is 1. The van der Waals surface area contributed by atoms with Crippen molar-refractivity contribution in [3.63, 3.8) is 0 Å². The van der Waals surface area contributed by atoms with E-state index >= 15 is 0 Å². The van der Waals surface area contributed by atoms with Crippen LogP contribution in [-0.4, -0.2) is 13.7 Å². The third kappa shape index (κ3) is 4.46. The fourth-order valence-electron chi connectivity index (χ4n) is 2.98. The van der Waals surface area contributed by atoms with E-state index in [2.05, 4.69) is 53.8 Å². The second-order valence-electron chi connectivity index (χ2n) is 5.97. The lowest BCUT2D eigenvalue weighted by molar-refractivity contribution is 0.386. The first-order valence-corrected chi connectivity index (χ1v) is 8.41. The van der Waals surface area contributed by atoms with Crippen molar-refractivity contribution >= 4 is 0 Å². The Labute approximate surface area is 148 Å². The Morgan fingerprint density at radius 2 is 1.48 bits per heavy atom. The van der Waals surface area contributed by atoms with Crippen molar-refractivity contribution in [2.45, 2.75) is 12.5 Å². The number of methoxy groups -OCH3 is 1. The third-order valence-corrected chi connectivity index (χ3v) is 4.30. The summed E-state index contributed by atoms with van der Waals surface area (Å²) in [5.41, 5.74) is 3.43. The molecule has 0 unspecified atom stereocenters. The minimum absolute atomic E-state index is 0.255. The van der Waals surface area contributed by atoms with Crippen molar-refractivity contribution in [1.29, 1.82) is 0 Å². The van der Waals surface area contributed by atoms with Gasteiger partial charge in [-0.15, -0.1) is 0 Å². The van der Waals surface area contributed by atoms with Gasteiger partial charge < -0.3 is 10.1 Å². The quantitative estimate of drug-likeness (QED) is 0.672. The average molecular weight is 335 g/mol. The zero-order valence-electron chi connectivity index (χ0n) is 14.3. The number of hydrogen-bond donors (Lipinski definition) is 1. The van der Waals surface area contributed by atoms with Crippen LogP contribution in [0.1, 0.15) is 22.6 Å². The van der Waals surface area contributed by atoms with Gasteiger partial charge in [-0.2, -0.15) is 0 Å². The van der Waals surface area contributed by atoms with E-state index in [0.717, 1.165) is 12.1 Å². The van der Waals surface area contributed by atoms with Crippen LogP contribution in [0.25, 0.3) is 0 Å². The smallest absolute Gasteiger partial charge is 0.165 e. The third-order valence-electron chi connectivity index (χ3n) is 4.30. The van der Waals surface area contributed by atoms with E-state index in [0.29, 0.717) is 6.54 Å². The summed E-state index contributed by atoms with van der Waals surface area (Å²) in [5, 5.41) is 3.46. The number of halogens is 1. The van der Waals surface area contributed by atoms with Crippen LogP contribution in [0, 0.1) is 5.82 Å².